The van der Waals surface area contributed by atoms with E-state index in [-0.39, 0.29) is 11.6 Å². The molecule has 0 aromatic carbocycles. The first-order valence-electron chi connectivity index (χ1n) is 5.48. The molecule has 0 unspecified atom stereocenters. The Kier molecular flexibility index (Phi) is 5.14. The minimum atomic E-state index is -0.503. The topological polar surface area (TPSA) is 81.4 Å². The Labute approximate surface area is 110 Å². The van der Waals surface area contributed by atoms with E-state index >= 15 is 0 Å². The fourth-order valence-corrected chi connectivity index (χ4v) is 1.89. The van der Waals surface area contributed by atoms with E-state index < -0.39 is 4.92 Å². The third-order valence-electron chi connectivity index (χ3n) is 2.43. The van der Waals surface area contributed by atoms with E-state index in [0.717, 1.165) is 0 Å². The molecule has 0 aliphatic rings. The number of nitro groups is 1. The van der Waals surface area contributed by atoms with Gasteiger partial charge in [0.25, 0.3) is 0 Å². The standard InChI is InChI=1S/C10H16N4O3S/c1-5-13(6-2)8-7(14(15)16)9(17-3)12-10(11-8)18-4/h5-6H2,1-4H3. The SMILES string of the molecule is CCN(CC)c1nc(SC)nc(OC)c1[N+](=O)[O-]. The molecule has 0 saturated carbocycles. The lowest BCUT2D eigenvalue weighted by molar-refractivity contribution is -0.385. The van der Waals surface area contributed by atoms with Crippen molar-refractivity contribution in [3.05, 3.63) is 10.1 Å². The lowest BCUT2D eigenvalue weighted by Gasteiger charge is -2.20. The Morgan fingerprint density at radius 1 is 1.39 bits per heavy atom. The van der Waals surface area contributed by atoms with Crippen molar-refractivity contribution in [3.8, 4) is 5.88 Å². The molecule has 0 bridgehead atoms. The van der Waals surface area contributed by atoms with Crippen LogP contribution in [0.15, 0.2) is 5.16 Å². The second-order valence-corrected chi connectivity index (χ2v) is 4.09. The van der Waals surface area contributed by atoms with Gasteiger partial charge in [0.05, 0.1) is 12.0 Å². The Morgan fingerprint density at radius 3 is 2.39 bits per heavy atom. The molecule has 0 amide bonds. The molecule has 0 saturated heterocycles. The summed E-state index contributed by atoms with van der Waals surface area (Å²) in [5.41, 5.74) is -0.181. The Hall–Kier alpha value is -1.57. The van der Waals surface area contributed by atoms with Crippen LogP contribution < -0.4 is 9.64 Å². The Balaban J connectivity index is 3.47. The molecule has 0 atom stereocenters. The van der Waals surface area contributed by atoms with Crippen molar-refractivity contribution in [2.24, 2.45) is 0 Å². The van der Waals surface area contributed by atoms with Gasteiger partial charge in [-0.2, -0.15) is 9.97 Å². The quantitative estimate of drug-likeness (QED) is 0.339. The van der Waals surface area contributed by atoms with Gasteiger partial charge in [-0.3, -0.25) is 10.1 Å². The van der Waals surface area contributed by atoms with Crippen molar-refractivity contribution in [2.75, 3.05) is 31.4 Å². The van der Waals surface area contributed by atoms with E-state index in [4.69, 9.17) is 4.74 Å². The maximum atomic E-state index is 11.1. The minimum absolute atomic E-state index is 0.00116. The van der Waals surface area contributed by atoms with Crippen LogP contribution in [0, 0.1) is 10.1 Å². The van der Waals surface area contributed by atoms with Crippen LogP contribution in [-0.4, -0.2) is 41.3 Å². The molecule has 0 spiro atoms. The van der Waals surface area contributed by atoms with E-state index in [1.165, 1.54) is 18.9 Å². The van der Waals surface area contributed by atoms with Gasteiger partial charge in [0, 0.05) is 13.1 Å². The van der Waals surface area contributed by atoms with Crippen LogP contribution in [0.2, 0.25) is 0 Å². The van der Waals surface area contributed by atoms with Crippen molar-refractivity contribution in [3.63, 3.8) is 0 Å². The van der Waals surface area contributed by atoms with Crippen LogP contribution in [-0.2, 0) is 0 Å². The maximum Gasteiger partial charge on any atom is 0.373 e. The van der Waals surface area contributed by atoms with Gasteiger partial charge in [-0.25, -0.2) is 0 Å². The molecule has 0 fully saturated rings. The smallest absolute Gasteiger partial charge is 0.373 e. The first kappa shape index (κ1) is 14.5. The van der Waals surface area contributed by atoms with Crippen LogP contribution in [0.4, 0.5) is 11.5 Å². The highest BCUT2D eigenvalue weighted by atomic mass is 32.2. The third kappa shape index (κ3) is 2.81. The molecule has 8 heteroatoms. The van der Waals surface area contributed by atoms with Crippen molar-refractivity contribution in [1.29, 1.82) is 0 Å². The first-order chi connectivity index (χ1) is 8.58. The lowest BCUT2D eigenvalue weighted by atomic mass is 10.4. The molecule has 0 radical (unpaired) electrons. The van der Waals surface area contributed by atoms with Gasteiger partial charge in [-0.15, -0.1) is 0 Å². The van der Waals surface area contributed by atoms with Gasteiger partial charge < -0.3 is 9.64 Å². The van der Waals surface area contributed by atoms with Crippen molar-refractivity contribution >= 4 is 23.3 Å². The van der Waals surface area contributed by atoms with Crippen LogP contribution in [0.25, 0.3) is 0 Å². The summed E-state index contributed by atoms with van der Waals surface area (Å²) in [5.74, 6) is 0.308. The second kappa shape index (κ2) is 6.39. The molecule has 1 aromatic rings. The third-order valence-corrected chi connectivity index (χ3v) is 2.98. The fraction of sp³-hybridized carbons (Fsp3) is 0.600. The molecule has 0 N–H and O–H groups in total. The number of anilines is 1. The molecule has 1 aromatic heterocycles. The zero-order valence-corrected chi connectivity index (χ0v) is 11.7. The summed E-state index contributed by atoms with van der Waals surface area (Å²) in [5, 5.41) is 11.6. The maximum absolute atomic E-state index is 11.1. The summed E-state index contributed by atoms with van der Waals surface area (Å²) in [7, 11) is 1.37. The molecule has 0 aliphatic heterocycles. The molecular formula is C10H16N4O3S. The summed E-state index contributed by atoms with van der Waals surface area (Å²) in [6.07, 6.45) is 1.81. The molecule has 7 nitrogen and oxygen atoms in total. The predicted octanol–water partition coefficient (Wildman–Crippen LogP) is 1.96. The number of nitrogens with zero attached hydrogens (tertiary/aromatic N) is 4. The zero-order chi connectivity index (χ0) is 13.7. The monoisotopic (exact) mass is 272 g/mol. The number of hydrogen-bond donors (Lipinski definition) is 0. The average molecular weight is 272 g/mol. The van der Waals surface area contributed by atoms with E-state index in [9.17, 15) is 10.1 Å². The highest BCUT2D eigenvalue weighted by Crippen LogP contribution is 2.35. The lowest BCUT2D eigenvalue weighted by Crippen LogP contribution is -2.24. The van der Waals surface area contributed by atoms with E-state index in [1.807, 2.05) is 25.0 Å². The molecule has 18 heavy (non-hydrogen) atoms. The number of hydrogen-bond acceptors (Lipinski definition) is 7. The predicted molar refractivity (Wildman–Crippen MR) is 70.6 cm³/mol. The molecule has 1 rings (SSSR count). The van der Waals surface area contributed by atoms with E-state index in [2.05, 4.69) is 9.97 Å². The first-order valence-corrected chi connectivity index (χ1v) is 6.70. The second-order valence-electron chi connectivity index (χ2n) is 3.32. The van der Waals surface area contributed by atoms with Crippen molar-refractivity contribution < 1.29 is 9.66 Å². The van der Waals surface area contributed by atoms with Crippen LogP contribution >= 0.6 is 11.8 Å². The zero-order valence-electron chi connectivity index (χ0n) is 10.8. The number of methoxy groups -OCH3 is 1. The fourth-order valence-electron chi connectivity index (χ4n) is 1.54. The highest BCUT2D eigenvalue weighted by molar-refractivity contribution is 7.98. The Bertz CT molecular complexity index is 437. The average Bonchev–Trinajstić information content (AvgIpc) is 2.38. The van der Waals surface area contributed by atoms with Gasteiger partial charge in [-0.05, 0) is 20.1 Å². The van der Waals surface area contributed by atoms with Crippen molar-refractivity contribution in [2.45, 2.75) is 19.0 Å². The van der Waals surface area contributed by atoms with E-state index in [1.54, 1.807) is 0 Å². The number of thioether (sulfide) groups is 1. The molecule has 1 heterocycles. The minimum Gasteiger partial charge on any atom is -0.476 e. The summed E-state index contributed by atoms with van der Waals surface area (Å²) in [4.78, 5) is 20.7. The van der Waals surface area contributed by atoms with Gasteiger partial charge in [0.1, 0.15) is 0 Å². The van der Waals surface area contributed by atoms with Crippen LogP contribution in [0.1, 0.15) is 13.8 Å². The summed E-state index contributed by atoms with van der Waals surface area (Å²) in [6.45, 7) is 5.10. The van der Waals surface area contributed by atoms with Gasteiger partial charge in [0.15, 0.2) is 5.16 Å². The normalized spacial score (nSPS) is 10.2. The number of aromatic nitrogens is 2. The van der Waals surface area contributed by atoms with Gasteiger partial charge in [0.2, 0.25) is 5.82 Å². The number of rotatable bonds is 6. The van der Waals surface area contributed by atoms with E-state index in [0.29, 0.717) is 24.1 Å². The molecule has 0 aliphatic carbocycles. The largest absolute Gasteiger partial charge is 0.476 e. The van der Waals surface area contributed by atoms with Crippen LogP contribution in [0.3, 0.4) is 0 Å². The van der Waals surface area contributed by atoms with Crippen molar-refractivity contribution in [1.82, 2.24) is 9.97 Å². The van der Waals surface area contributed by atoms with Crippen LogP contribution in [0.5, 0.6) is 5.88 Å². The summed E-state index contributed by atoms with van der Waals surface area (Å²) >= 11 is 1.32. The van der Waals surface area contributed by atoms with Gasteiger partial charge >= 0.3 is 11.6 Å². The molecule has 100 valence electrons. The number of ether oxygens (including phenoxy) is 1. The van der Waals surface area contributed by atoms with Gasteiger partial charge in [-0.1, -0.05) is 11.8 Å². The summed E-state index contributed by atoms with van der Waals surface area (Å²) in [6, 6.07) is 0. The molecular weight excluding hydrogens is 256 g/mol. The highest BCUT2D eigenvalue weighted by Gasteiger charge is 2.28. The Morgan fingerprint density at radius 2 is 2.00 bits per heavy atom. The summed E-state index contributed by atoms with van der Waals surface area (Å²) < 4.78 is 5.00.